The molecule has 66 heavy (non-hydrogen) atoms. The standard InChI is InChI=1S/C62H51BN2S/c1-61(2,3)44-31-36-54-52(38-44)63-51-34-30-45(62(4,5)6)39-57(51)64(46-32-27-42(28-33-46)47-22-15-23-49-48-21-13-14-26-58(48)66-60(47)49)55-24-16-25-56(59(55)63)65(54)53-35-29-43(40-17-9-7-10-18-40)37-50(53)41-19-11-8-12-20-41/h7-39H,1-6H3. The quantitative estimate of drug-likeness (QED) is 0.159. The Kier molecular flexibility index (Phi) is 9.31. The second kappa shape index (κ2) is 15.2. The highest BCUT2D eigenvalue weighted by Crippen LogP contribution is 2.48. The predicted molar refractivity (Wildman–Crippen MR) is 287 cm³/mol. The van der Waals surface area contributed by atoms with Gasteiger partial charge in [-0.3, -0.25) is 0 Å². The summed E-state index contributed by atoms with van der Waals surface area (Å²) in [6.07, 6.45) is 0. The number of hydrogen-bond donors (Lipinski definition) is 0. The van der Waals surface area contributed by atoms with Gasteiger partial charge in [-0.2, -0.15) is 0 Å². The fraction of sp³-hybridized carbons (Fsp3) is 0.129. The first-order chi connectivity index (χ1) is 32.0. The van der Waals surface area contributed by atoms with Gasteiger partial charge in [0.25, 0.3) is 6.71 Å². The molecule has 0 saturated carbocycles. The summed E-state index contributed by atoms with van der Waals surface area (Å²) in [6, 6.07) is 75.2. The molecule has 4 heteroatoms. The van der Waals surface area contributed by atoms with E-state index in [-0.39, 0.29) is 17.5 Å². The van der Waals surface area contributed by atoms with Crippen molar-refractivity contribution in [3.05, 3.63) is 211 Å². The number of hydrogen-bond acceptors (Lipinski definition) is 3. The van der Waals surface area contributed by atoms with Gasteiger partial charge in [0.05, 0.1) is 5.69 Å². The molecule has 10 aromatic rings. The van der Waals surface area contributed by atoms with E-state index in [1.807, 2.05) is 11.3 Å². The van der Waals surface area contributed by atoms with E-state index in [1.54, 1.807) is 0 Å². The molecule has 0 amide bonds. The first-order valence-corrected chi connectivity index (χ1v) is 24.1. The Morgan fingerprint density at radius 3 is 1.71 bits per heavy atom. The number of fused-ring (bicyclic) bond motifs is 7. The maximum Gasteiger partial charge on any atom is 0.252 e. The Bertz CT molecular complexity index is 3500. The highest BCUT2D eigenvalue weighted by molar-refractivity contribution is 7.26. The molecule has 0 fully saturated rings. The maximum atomic E-state index is 2.57. The van der Waals surface area contributed by atoms with Crippen LogP contribution >= 0.6 is 11.3 Å². The molecule has 0 N–H and O–H groups in total. The Labute approximate surface area is 393 Å². The summed E-state index contributed by atoms with van der Waals surface area (Å²) in [4.78, 5) is 5.12. The summed E-state index contributed by atoms with van der Waals surface area (Å²) < 4.78 is 2.66. The Morgan fingerprint density at radius 2 is 0.970 bits per heavy atom. The minimum Gasteiger partial charge on any atom is -0.311 e. The third-order valence-corrected chi connectivity index (χ3v) is 15.2. The van der Waals surface area contributed by atoms with E-state index in [0.717, 1.165) is 11.4 Å². The van der Waals surface area contributed by atoms with Gasteiger partial charge in [-0.15, -0.1) is 11.3 Å². The molecule has 9 aromatic carbocycles. The molecule has 0 spiro atoms. The summed E-state index contributed by atoms with van der Waals surface area (Å²) in [6.45, 7) is 14.0. The van der Waals surface area contributed by atoms with Crippen LogP contribution in [-0.2, 0) is 10.8 Å². The third kappa shape index (κ3) is 6.53. The lowest BCUT2D eigenvalue weighted by molar-refractivity contribution is 0.590. The summed E-state index contributed by atoms with van der Waals surface area (Å²) in [5.41, 5.74) is 21.1. The molecule has 0 saturated heterocycles. The van der Waals surface area contributed by atoms with Crippen LogP contribution in [0.4, 0.5) is 34.1 Å². The van der Waals surface area contributed by atoms with E-state index in [9.17, 15) is 0 Å². The minimum atomic E-state index is -0.0340. The number of anilines is 6. The van der Waals surface area contributed by atoms with E-state index >= 15 is 0 Å². The van der Waals surface area contributed by atoms with Crippen molar-refractivity contribution >= 4 is 88.7 Å². The lowest BCUT2D eigenvalue weighted by Gasteiger charge is -2.45. The lowest BCUT2D eigenvalue weighted by Crippen LogP contribution is -2.61. The molecule has 12 rings (SSSR count). The molecule has 1 aromatic heterocycles. The van der Waals surface area contributed by atoms with Crippen molar-refractivity contribution in [3.63, 3.8) is 0 Å². The Morgan fingerprint density at radius 1 is 0.379 bits per heavy atom. The van der Waals surface area contributed by atoms with Crippen LogP contribution < -0.4 is 26.2 Å². The lowest BCUT2D eigenvalue weighted by atomic mass is 9.33. The molecule has 0 aliphatic carbocycles. The van der Waals surface area contributed by atoms with Crippen molar-refractivity contribution in [2.75, 3.05) is 9.80 Å². The molecule has 3 heterocycles. The first-order valence-electron chi connectivity index (χ1n) is 23.3. The summed E-state index contributed by atoms with van der Waals surface area (Å²) in [7, 11) is 0. The van der Waals surface area contributed by atoms with Crippen LogP contribution in [-0.4, -0.2) is 6.71 Å². The molecule has 318 valence electrons. The Balaban J connectivity index is 1.09. The van der Waals surface area contributed by atoms with E-state index in [1.165, 1.54) is 104 Å². The topological polar surface area (TPSA) is 6.48 Å². The van der Waals surface area contributed by atoms with Crippen LogP contribution in [0.25, 0.3) is 53.6 Å². The Hall–Kier alpha value is -7.14. The van der Waals surface area contributed by atoms with Crippen LogP contribution in [0.3, 0.4) is 0 Å². The fourth-order valence-corrected chi connectivity index (χ4v) is 11.8. The predicted octanol–water partition coefficient (Wildman–Crippen LogP) is 15.7. The van der Waals surface area contributed by atoms with E-state index in [4.69, 9.17) is 0 Å². The fourth-order valence-electron chi connectivity index (χ4n) is 10.6. The highest BCUT2D eigenvalue weighted by Gasteiger charge is 2.44. The number of thiophene rings is 1. The molecule has 0 unspecified atom stereocenters. The normalized spacial score (nSPS) is 13.2. The van der Waals surface area contributed by atoms with Gasteiger partial charge < -0.3 is 9.80 Å². The monoisotopic (exact) mass is 866 g/mol. The van der Waals surface area contributed by atoms with Gasteiger partial charge in [0.2, 0.25) is 0 Å². The average Bonchev–Trinajstić information content (AvgIpc) is 3.73. The van der Waals surface area contributed by atoms with E-state index < -0.39 is 0 Å². The smallest absolute Gasteiger partial charge is 0.252 e. The average molecular weight is 867 g/mol. The largest absolute Gasteiger partial charge is 0.311 e. The molecule has 2 aliphatic heterocycles. The second-order valence-electron chi connectivity index (χ2n) is 20.2. The van der Waals surface area contributed by atoms with Crippen molar-refractivity contribution < 1.29 is 0 Å². The minimum absolute atomic E-state index is 0.0265. The summed E-state index contributed by atoms with van der Waals surface area (Å²) in [5, 5.41) is 2.65. The molecular weight excluding hydrogens is 816 g/mol. The van der Waals surface area contributed by atoms with Crippen LogP contribution in [0.15, 0.2) is 200 Å². The highest BCUT2D eigenvalue weighted by atomic mass is 32.1. The molecule has 0 radical (unpaired) electrons. The van der Waals surface area contributed by atoms with Crippen LogP contribution in [0.2, 0.25) is 0 Å². The van der Waals surface area contributed by atoms with Crippen LogP contribution in [0, 0.1) is 0 Å². The van der Waals surface area contributed by atoms with Crippen molar-refractivity contribution in [2.45, 2.75) is 52.4 Å². The SMILES string of the molecule is CC(C)(C)c1ccc2c(c1)B1c3ccc(C(C)(C)C)cc3N(c3ccc(-c4cccc5c4sc4ccccc45)cc3)c3cccc(c31)N2c1ccc(-c2ccccc2)cc1-c1ccccc1. The molecule has 0 atom stereocenters. The number of nitrogens with zero attached hydrogens (tertiary/aromatic N) is 2. The van der Waals surface area contributed by atoms with Gasteiger partial charge in [-0.25, -0.2) is 0 Å². The van der Waals surface area contributed by atoms with Crippen molar-refractivity contribution in [1.29, 1.82) is 0 Å². The van der Waals surface area contributed by atoms with E-state index in [2.05, 4.69) is 252 Å². The van der Waals surface area contributed by atoms with Gasteiger partial charge >= 0.3 is 0 Å². The van der Waals surface area contributed by atoms with Gasteiger partial charge in [-0.1, -0.05) is 187 Å². The van der Waals surface area contributed by atoms with Crippen molar-refractivity contribution in [2.24, 2.45) is 0 Å². The summed E-state index contributed by atoms with van der Waals surface area (Å²) >= 11 is 1.89. The molecule has 2 nitrogen and oxygen atoms in total. The van der Waals surface area contributed by atoms with E-state index in [0.29, 0.717) is 0 Å². The van der Waals surface area contributed by atoms with Gasteiger partial charge in [0.15, 0.2) is 0 Å². The molecule has 2 aliphatic rings. The van der Waals surface area contributed by atoms with Crippen LogP contribution in [0.5, 0.6) is 0 Å². The number of benzene rings is 9. The van der Waals surface area contributed by atoms with Crippen molar-refractivity contribution in [3.8, 4) is 33.4 Å². The summed E-state index contributed by atoms with van der Waals surface area (Å²) in [5.74, 6) is 0. The molecular formula is C62H51BN2S. The van der Waals surface area contributed by atoms with Gasteiger partial charge in [0, 0.05) is 54.2 Å². The zero-order valence-electron chi connectivity index (χ0n) is 38.4. The second-order valence-corrected chi connectivity index (χ2v) is 21.2. The number of rotatable bonds is 5. The molecule has 0 bridgehead atoms. The zero-order chi connectivity index (χ0) is 44.9. The van der Waals surface area contributed by atoms with Gasteiger partial charge in [-0.05, 0) is 121 Å². The first kappa shape index (κ1) is 40.4. The third-order valence-electron chi connectivity index (χ3n) is 14.0. The maximum absolute atomic E-state index is 2.57. The van der Waals surface area contributed by atoms with Gasteiger partial charge in [0.1, 0.15) is 0 Å². The van der Waals surface area contributed by atoms with Crippen LogP contribution in [0.1, 0.15) is 52.7 Å². The van der Waals surface area contributed by atoms with Crippen molar-refractivity contribution in [1.82, 2.24) is 0 Å². The zero-order valence-corrected chi connectivity index (χ0v) is 39.2.